The van der Waals surface area contributed by atoms with Crippen LogP contribution >= 0.6 is 11.8 Å². The van der Waals surface area contributed by atoms with Crippen molar-refractivity contribution in [3.63, 3.8) is 0 Å². The molecule has 0 radical (unpaired) electrons. The molecule has 0 aromatic heterocycles. The molecule has 2 aromatic carbocycles. The molecule has 0 aliphatic carbocycles. The number of nitrogens with zero attached hydrogens (tertiary/aromatic N) is 2. The highest BCUT2D eigenvalue weighted by Gasteiger charge is 2.20. The summed E-state index contributed by atoms with van der Waals surface area (Å²) in [6.45, 7) is 1.73. The number of sulfonamides is 2. The van der Waals surface area contributed by atoms with E-state index in [-0.39, 0.29) is 9.79 Å². The molecular weight excluding hydrogens is 394 g/mol. The van der Waals surface area contributed by atoms with E-state index < -0.39 is 20.0 Å². The molecule has 0 saturated carbocycles. The fraction of sp³-hybridized carbons (Fsp3) is 0.188. The van der Waals surface area contributed by atoms with Crippen LogP contribution in [0.25, 0.3) is 0 Å². The van der Waals surface area contributed by atoms with Crippen LogP contribution < -0.4 is 4.72 Å². The van der Waals surface area contributed by atoms with E-state index in [0.717, 1.165) is 16.1 Å². The van der Waals surface area contributed by atoms with Crippen molar-refractivity contribution >= 4 is 37.5 Å². The van der Waals surface area contributed by atoms with Crippen molar-refractivity contribution in [3.8, 4) is 5.40 Å². The fourth-order valence-corrected chi connectivity index (χ4v) is 4.58. The lowest BCUT2D eigenvalue weighted by molar-refractivity contribution is 0.520. The largest absolute Gasteiger partial charge is 0.279 e. The Morgan fingerprint density at radius 2 is 1.58 bits per heavy atom. The number of thioether (sulfide) groups is 1. The molecule has 0 saturated heterocycles. The van der Waals surface area contributed by atoms with Gasteiger partial charge in [-0.1, -0.05) is 0 Å². The highest BCUT2D eigenvalue weighted by molar-refractivity contribution is 8.03. The van der Waals surface area contributed by atoms with Gasteiger partial charge in [0.25, 0.3) is 10.0 Å². The number of hydrogen-bond donors (Lipinski definition) is 1. The Kier molecular flexibility index (Phi) is 5.98. The number of nitrogens with one attached hydrogen (secondary N) is 1. The minimum Gasteiger partial charge on any atom is -0.279 e. The normalized spacial score (nSPS) is 12.0. The molecule has 1 N–H and O–H groups in total. The van der Waals surface area contributed by atoms with Gasteiger partial charge in [-0.15, -0.1) is 0 Å². The van der Waals surface area contributed by atoms with E-state index in [4.69, 9.17) is 5.26 Å². The average molecular weight is 412 g/mol. The van der Waals surface area contributed by atoms with Gasteiger partial charge in [-0.3, -0.25) is 4.72 Å². The average Bonchev–Trinajstić information content (AvgIpc) is 2.57. The number of aryl methyl sites for hydroxylation is 1. The molecule has 2 aromatic rings. The summed E-state index contributed by atoms with van der Waals surface area (Å²) in [7, 11) is -4.70. The number of benzene rings is 2. The summed E-state index contributed by atoms with van der Waals surface area (Å²) in [5.74, 6) is 0. The van der Waals surface area contributed by atoms with Gasteiger partial charge in [0.15, 0.2) is 0 Å². The van der Waals surface area contributed by atoms with Crippen LogP contribution in [0.15, 0.2) is 57.2 Å². The quantitative estimate of drug-likeness (QED) is 0.578. The minimum absolute atomic E-state index is 0.00973. The van der Waals surface area contributed by atoms with E-state index in [2.05, 4.69) is 4.72 Å². The Morgan fingerprint density at radius 3 is 2.08 bits per heavy atom. The maximum atomic E-state index is 12.5. The number of hydrogen-bond acceptors (Lipinski definition) is 6. The summed E-state index contributed by atoms with van der Waals surface area (Å²) in [6, 6.07) is 9.93. The summed E-state index contributed by atoms with van der Waals surface area (Å²) in [5, 5.41) is 10.6. The zero-order valence-corrected chi connectivity index (χ0v) is 16.7. The first-order valence-electron chi connectivity index (χ1n) is 7.30. The van der Waals surface area contributed by atoms with Crippen molar-refractivity contribution in [3.05, 3.63) is 48.0 Å². The van der Waals surface area contributed by atoms with Crippen LogP contribution in [0, 0.1) is 17.6 Å². The third-order valence-corrected chi connectivity index (χ3v) is 7.31. The van der Waals surface area contributed by atoms with Gasteiger partial charge in [0.2, 0.25) is 10.0 Å². The molecule has 7 nitrogen and oxygen atoms in total. The highest BCUT2D eigenvalue weighted by atomic mass is 32.2. The van der Waals surface area contributed by atoms with Crippen molar-refractivity contribution < 1.29 is 16.8 Å². The molecule has 0 bridgehead atoms. The van der Waals surface area contributed by atoms with Crippen molar-refractivity contribution in [2.45, 2.75) is 21.6 Å². The predicted molar refractivity (Wildman–Crippen MR) is 101 cm³/mol. The Bertz CT molecular complexity index is 1050. The van der Waals surface area contributed by atoms with Crippen LogP contribution in [0.3, 0.4) is 0 Å². The van der Waals surface area contributed by atoms with Crippen LogP contribution in [0.4, 0.5) is 5.69 Å². The Labute approximate surface area is 157 Å². The molecule has 0 atom stereocenters. The summed E-state index contributed by atoms with van der Waals surface area (Å²) < 4.78 is 52.7. The van der Waals surface area contributed by atoms with Crippen LogP contribution in [0.5, 0.6) is 0 Å². The molecule has 0 aliphatic rings. The van der Waals surface area contributed by atoms with Gasteiger partial charge in [-0.05, 0) is 66.7 Å². The number of thiocyanates is 1. The SMILES string of the molecule is Cc1cc(SC#N)ccc1NS(=O)(=O)c1ccc(S(=O)(=O)N(C)C)cc1. The maximum absolute atomic E-state index is 12.5. The zero-order valence-electron chi connectivity index (χ0n) is 14.3. The lowest BCUT2D eigenvalue weighted by atomic mass is 10.2. The lowest BCUT2D eigenvalue weighted by Gasteiger charge is -2.13. The molecule has 0 amide bonds. The van der Waals surface area contributed by atoms with Gasteiger partial charge in [-0.25, -0.2) is 21.1 Å². The Morgan fingerprint density at radius 1 is 1.00 bits per heavy atom. The summed E-state index contributed by atoms with van der Waals surface area (Å²) >= 11 is 0.986. The standard InChI is InChI=1S/C16H17N3O4S3/c1-12-10-13(24-11-17)4-9-16(12)18-25(20,21)14-5-7-15(8-6-14)26(22,23)19(2)3/h4-10,18H,1-3H3. The second-order valence-corrected chi connectivity index (χ2v) is 10.2. The van der Waals surface area contributed by atoms with E-state index in [1.54, 1.807) is 25.1 Å². The highest BCUT2D eigenvalue weighted by Crippen LogP contribution is 2.26. The summed E-state index contributed by atoms with van der Waals surface area (Å²) in [6.07, 6.45) is 0. The summed E-state index contributed by atoms with van der Waals surface area (Å²) in [5.41, 5.74) is 1.05. The first-order valence-corrected chi connectivity index (χ1v) is 11.0. The molecule has 2 rings (SSSR count). The molecule has 138 valence electrons. The van der Waals surface area contributed by atoms with Crippen LogP contribution in [-0.2, 0) is 20.0 Å². The lowest BCUT2D eigenvalue weighted by Crippen LogP contribution is -2.22. The topological polar surface area (TPSA) is 107 Å². The molecule has 0 fully saturated rings. The first-order chi connectivity index (χ1) is 12.1. The molecule has 0 aliphatic heterocycles. The zero-order chi connectivity index (χ0) is 19.5. The van der Waals surface area contributed by atoms with E-state index in [1.807, 2.05) is 5.40 Å². The van der Waals surface area contributed by atoms with E-state index in [0.29, 0.717) is 16.1 Å². The van der Waals surface area contributed by atoms with Crippen molar-refractivity contribution in [1.29, 1.82) is 5.26 Å². The van der Waals surface area contributed by atoms with Gasteiger partial charge in [0, 0.05) is 19.0 Å². The molecule has 0 spiro atoms. The van der Waals surface area contributed by atoms with Gasteiger partial charge >= 0.3 is 0 Å². The van der Waals surface area contributed by atoms with Crippen molar-refractivity contribution in [2.75, 3.05) is 18.8 Å². The maximum Gasteiger partial charge on any atom is 0.261 e. The van der Waals surface area contributed by atoms with E-state index >= 15 is 0 Å². The number of anilines is 1. The summed E-state index contributed by atoms with van der Waals surface area (Å²) in [4.78, 5) is 0.673. The molecule has 0 unspecified atom stereocenters. The number of rotatable bonds is 6. The molecular formula is C16H17N3O4S3. The third-order valence-electron chi connectivity index (χ3n) is 3.52. The van der Waals surface area contributed by atoms with Gasteiger partial charge < -0.3 is 0 Å². The van der Waals surface area contributed by atoms with Crippen molar-refractivity contribution in [2.24, 2.45) is 0 Å². The second kappa shape index (κ2) is 7.67. The monoisotopic (exact) mass is 411 g/mol. The number of nitriles is 1. The Hall–Kier alpha value is -2.06. The van der Waals surface area contributed by atoms with Crippen LogP contribution in [0.1, 0.15) is 5.56 Å². The van der Waals surface area contributed by atoms with E-state index in [1.165, 1.54) is 38.4 Å². The smallest absolute Gasteiger partial charge is 0.261 e. The van der Waals surface area contributed by atoms with Crippen molar-refractivity contribution in [1.82, 2.24) is 4.31 Å². The molecule has 10 heteroatoms. The van der Waals surface area contributed by atoms with Crippen LogP contribution in [-0.4, -0.2) is 35.2 Å². The first kappa shape index (κ1) is 20.3. The minimum atomic E-state index is -3.87. The van der Waals surface area contributed by atoms with Gasteiger partial charge in [0.05, 0.1) is 15.5 Å². The molecule has 0 heterocycles. The molecule has 26 heavy (non-hydrogen) atoms. The second-order valence-electron chi connectivity index (χ2n) is 5.53. The van der Waals surface area contributed by atoms with Gasteiger partial charge in [-0.2, -0.15) is 5.26 Å². The van der Waals surface area contributed by atoms with Gasteiger partial charge in [0.1, 0.15) is 5.40 Å². The predicted octanol–water partition coefficient (Wildman–Crippen LogP) is 2.62. The van der Waals surface area contributed by atoms with Crippen LogP contribution in [0.2, 0.25) is 0 Å². The van der Waals surface area contributed by atoms with E-state index in [9.17, 15) is 16.8 Å². The third kappa shape index (κ3) is 4.37. The Balaban J connectivity index is 2.30. The fourth-order valence-electron chi connectivity index (χ4n) is 2.07.